The van der Waals surface area contributed by atoms with E-state index in [1.807, 2.05) is 73.7 Å². The molecule has 0 aliphatic rings. The maximum atomic E-state index is 12.9. The van der Waals surface area contributed by atoms with Gasteiger partial charge in [0.2, 0.25) is 0 Å². The normalized spacial score (nSPS) is 13.0. The number of ether oxygens (including phenoxy) is 1. The molecule has 0 radical (unpaired) electrons. The van der Waals surface area contributed by atoms with E-state index in [0.717, 1.165) is 21.9 Å². The predicted octanol–water partition coefficient (Wildman–Crippen LogP) is 4.96. The second kappa shape index (κ2) is 8.68. The first-order valence-electron chi connectivity index (χ1n) is 8.56. The van der Waals surface area contributed by atoms with E-state index in [-0.39, 0.29) is 6.04 Å². The predicted molar refractivity (Wildman–Crippen MR) is 108 cm³/mol. The smallest absolute Gasteiger partial charge is 0.119 e. The minimum atomic E-state index is -1.09. The number of methoxy groups -OCH3 is 1. The highest BCUT2D eigenvalue weighted by atomic mass is 32.2. The van der Waals surface area contributed by atoms with Gasteiger partial charge in [-0.2, -0.15) is 0 Å². The van der Waals surface area contributed by atoms with Crippen LogP contribution in [-0.2, 0) is 10.8 Å². The zero-order chi connectivity index (χ0) is 18.4. The molecule has 2 atom stereocenters. The van der Waals surface area contributed by atoms with Crippen LogP contribution in [0.25, 0.3) is 0 Å². The molecule has 0 saturated carbocycles. The zero-order valence-corrected chi connectivity index (χ0v) is 15.8. The molecule has 0 bridgehead atoms. The fourth-order valence-electron chi connectivity index (χ4n) is 2.73. The van der Waals surface area contributed by atoms with Crippen molar-refractivity contribution in [2.24, 2.45) is 0 Å². The van der Waals surface area contributed by atoms with Gasteiger partial charge in [-0.3, -0.25) is 4.21 Å². The van der Waals surface area contributed by atoms with Gasteiger partial charge in [0.25, 0.3) is 0 Å². The second-order valence-electron chi connectivity index (χ2n) is 6.16. The first kappa shape index (κ1) is 18.2. The average Bonchev–Trinajstić information content (AvgIpc) is 2.69. The molecule has 3 rings (SSSR count). The topological polar surface area (TPSA) is 38.3 Å². The summed E-state index contributed by atoms with van der Waals surface area (Å²) in [5.74, 6) is 1.31. The van der Waals surface area contributed by atoms with Crippen molar-refractivity contribution < 1.29 is 8.95 Å². The summed E-state index contributed by atoms with van der Waals surface area (Å²) in [6.45, 7) is 2.03. The van der Waals surface area contributed by atoms with Crippen LogP contribution in [-0.4, -0.2) is 17.1 Å². The number of hydrogen-bond donors (Lipinski definition) is 1. The number of hydrogen-bond acceptors (Lipinski definition) is 3. The van der Waals surface area contributed by atoms with Gasteiger partial charge in [0, 0.05) is 10.6 Å². The van der Waals surface area contributed by atoms with Gasteiger partial charge in [-0.1, -0.05) is 48.0 Å². The standard InChI is InChI=1S/C22H23NO2S/c1-17-8-14-21(15-9-17)26(24)16-22(18-6-4-3-5-7-18)23-19-10-12-20(25-2)13-11-19/h3-15,22-23H,16H2,1-2H3/t22-,26?/m0/s1. The third-order valence-electron chi connectivity index (χ3n) is 4.23. The molecule has 1 N–H and O–H groups in total. The van der Waals surface area contributed by atoms with E-state index in [0.29, 0.717) is 5.75 Å². The Balaban J connectivity index is 1.81. The summed E-state index contributed by atoms with van der Waals surface area (Å²) in [5, 5.41) is 3.51. The van der Waals surface area contributed by atoms with Gasteiger partial charge in [-0.25, -0.2) is 0 Å². The van der Waals surface area contributed by atoms with Crippen molar-refractivity contribution in [3.05, 3.63) is 90.0 Å². The lowest BCUT2D eigenvalue weighted by molar-refractivity contribution is 0.415. The maximum absolute atomic E-state index is 12.9. The highest BCUT2D eigenvalue weighted by molar-refractivity contribution is 7.85. The van der Waals surface area contributed by atoms with E-state index in [2.05, 4.69) is 17.4 Å². The van der Waals surface area contributed by atoms with Gasteiger partial charge in [0.05, 0.1) is 29.7 Å². The Hall–Kier alpha value is -2.59. The fourth-order valence-corrected chi connectivity index (χ4v) is 3.94. The first-order chi connectivity index (χ1) is 12.7. The van der Waals surface area contributed by atoms with Crippen molar-refractivity contribution in [3.8, 4) is 5.75 Å². The quantitative estimate of drug-likeness (QED) is 0.643. The summed E-state index contributed by atoms with van der Waals surface area (Å²) in [6.07, 6.45) is 0. The summed E-state index contributed by atoms with van der Waals surface area (Å²) in [7, 11) is 0.564. The molecular formula is C22H23NO2S. The molecule has 26 heavy (non-hydrogen) atoms. The van der Waals surface area contributed by atoms with Crippen LogP contribution >= 0.6 is 0 Å². The molecule has 0 amide bonds. The molecule has 4 heteroatoms. The van der Waals surface area contributed by atoms with Crippen LogP contribution in [0.5, 0.6) is 5.75 Å². The van der Waals surface area contributed by atoms with Crippen molar-refractivity contribution in [1.82, 2.24) is 0 Å². The number of nitrogens with one attached hydrogen (secondary N) is 1. The lowest BCUT2D eigenvalue weighted by Gasteiger charge is -2.20. The number of aryl methyl sites for hydroxylation is 1. The summed E-state index contributed by atoms with van der Waals surface area (Å²) in [4.78, 5) is 0.855. The number of rotatable bonds is 7. The Bertz CT molecular complexity index is 846. The van der Waals surface area contributed by atoms with Crippen LogP contribution < -0.4 is 10.1 Å². The van der Waals surface area contributed by atoms with Crippen LogP contribution in [0.3, 0.4) is 0 Å². The molecule has 3 aromatic carbocycles. The number of benzene rings is 3. The molecule has 0 aromatic heterocycles. The lowest BCUT2D eigenvalue weighted by Crippen LogP contribution is -2.18. The zero-order valence-electron chi connectivity index (χ0n) is 15.0. The Morgan fingerprint density at radius 1 is 0.923 bits per heavy atom. The summed E-state index contributed by atoms with van der Waals surface area (Å²) >= 11 is 0. The van der Waals surface area contributed by atoms with E-state index in [4.69, 9.17) is 4.74 Å². The molecule has 0 aliphatic carbocycles. The van der Waals surface area contributed by atoms with Crippen molar-refractivity contribution in [1.29, 1.82) is 0 Å². The maximum Gasteiger partial charge on any atom is 0.119 e. The van der Waals surface area contributed by atoms with E-state index in [1.54, 1.807) is 7.11 Å². The van der Waals surface area contributed by atoms with E-state index in [9.17, 15) is 4.21 Å². The Kier molecular flexibility index (Phi) is 6.08. The second-order valence-corrected chi connectivity index (χ2v) is 7.66. The molecule has 0 saturated heterocycles. The average molecular weight is 365 g/mol. The number of anilines is 1. The highest BCUT2D eigenvalue weighted by Gasteiger charge is 2.16. The largest absolute Gasteiger partial charge is 0.497 e. The molecule has 0 fully saturated rings. The third kappa shape index (κ3) is 4.73. The van der Waals surface area contributed by atoms with Crippen LogP contribution in [0.2, 0.25) is 0 Å². The molecule has 3 aromatic rings. The van der Waals surface area contributed by atoms with Crippen molar-refractivity contribution in [2.45, 2.75) is 17.9 Å². The van der Waals surface area contributed by atoms with Crippen LogP contribution in [0.4, 0.5) is 5.69 Å². The molecule has 134 valence electrons. The van der Waals surface area contributed by atoms with Gasteiger partial charge < -0.3 is 10.1 Å². The molecular weight excluding hydrogens is 342 g/mol. The molecule has 3 nitrogen and oxygen atoms in total. The lowest BCUT2D eigenvalue weighted by atomic mass is 10.1. The van der Waals surface area contributed by atoms with E-state index >= 15 is 0 Å². The van der Waals surface area contributed by atoms with Crippen molar-refractivity contribution >= 4 is 16.5 Å². The fraction of sp³-hybridized carbons (Fsp3) is 0.182. The van der Waals surface area contributed by atoms with Gasteiger partial charge >= 0.3 is 0 Å². The summed E-state index contributed by atoms with van der Waals surface area (Å²) < 4.78 is 18.1. The minimum Gasteiger partial charge on any atom is -0.497 e. The third-order valence-corrected chi connectivity index (χ3v) is 5.67. The Morgan fingerprint density at radius 2 is 1.58 bits per heavy atom. The van der Waals surface area contributed by atoms with Crippen molar-refractivity contribution in [2.75, 3.05) is 18.2 Å². The molecule has 0 aliphatic heterocycles. The summed E-state index contributed by atoms with van der Waals surface area (Å²) in [5.41, 5.74) is 3.26. The Labute approximate surface area is 157 Å². The molecule has 0 spiro atoms. The van der Waals surface area contributed by atoms with E-state index < -0.39 is 10.8 Å². The van der Waals surface area contributed by atoms with Gasteiger partial charge in [-0.05, 0) is 48.9 Å². The first-order valence-corrected chi connectivity index (χ1v) is 9.88. The molecule has 1 unspecified atom stereocenters. The van der Waals surface area contributed by atoms with Gasteiger partial charge in [-0.15, -0.1) is 0 Å². The van der Waals surface area contributed by atoms with Crippen LogP contribution in [0, 0.1) is 6.92 Å². The van der Waals surface area contributed by atoms with Crippen molar-refractivity contribution in [3.63, 3.8) is 0 Å². The van der Waals surface area contributed by atoms with E-state index in [1.165, 1.54) is 5.56 Å². The van der Waals surface area contributed by atoms with Gasteiger partial charge in [0.15, 0.2) is 0 Å². The SMILES string of the molecule is COc1ccc(N[C@@H](CS(=O)c2ccc(C)cc2)c2ccccc2)cc1. The monoisotopic (exact) mass is 365 g/mol. The molecule has 0 heterocycles. The van der Waals surface area contributed by atoms with Crippen LogP contribution in [0.15, 0.2) is 83.8 Å². The summed E-state index contributed by atoms with van der Waals surface area (Å²) in [6, 6.07) is 25.8. The highest BCUT2D eigenvalue weighted by Crippen LogP contribution is 2.24. The minimum absolute atomic E-state index is 0.0493. The van der Waals surface area contributed by atoms with Crippen LogP contribution in [0.1, 0.15) is 17.2 Å². The Morgan fingerprint density at radius 3 is 2.19 bits per heavy atom. The van der Waals surface area contributed by atoms with Gasteiger partial charge in [0.1, 0.15) is 5.75 Å².